The Bertz CT molecular complexity index is 562. The lowest BCUT2D eigenvalue weighted by Crippen LogP contribution is -2.25. The van der Waals surface area contributed by atoms with E-state index >= 15 is 0 Å². The molecule has 1 heterocycles. The van der Waals surface area contributed by atoms with Gasteiger partial charge in [-0.1, -0.05) is 12.1 Å². The average molecular weight is 248 g/mol. The molecule has 2 aromatic rings. The maximum atomic E-state index is 11.2. The molecule has 0 aliphatic carbocycles. The largest absolute Gasteiger partial charge is 0.467 e. The van der Waals surface area contributed by atoms with Gasteiger partial charge < -0.3 is 14.4 Å². The number of carbonyl (C=O) groups excluding carboxylic acids is 1. The lowest BCUT2D eigenvalue weighted by molar-refractivity contribution is -0.150. The number of nitrogens with zero attached hydrogens (tertiary/aromatic N) is 2. The van der Waals surface area contributed by atoms with Crippen molar-refractivity contribution in [1.82, 2.24) is 9.55 Å². The van der Waals surface area contributed by atoms with Gasteiger partial charge in [-0.05, 0) is 19.1 Å². The number of para-hydroxylation sites is 2. The highest BCUT2D eigenvalue weighted by molar-refractivity contribution is 5.77. The Morgan fingerprint density at radius 2 is 2.22 bits per heavy atom. The van der Waals surface area contributed by atoms with Crippen LogP contribution in [0.4, 0.5) is 0 Å². The maximum absolute atomic E-state index is 11.2. The Kier molecular flexibility index (Phi) is 3.62. The fourth-order valence-corrected chi connectivity index (χ4v) is 2.03. The zero-order chi connectivity index (χ0) is 13.1. The smallest absolute Gasteiger partial charge is 0.335 e. The third-order valence-corrected chi connectivity index (χ3v) is 2.90. The van der Waals surface area contributed by atoms with Crippen molar-refractivity contribution >= 4 is 17.0 Å². The molecule has 0 aliphatic rings. The summed E-state index contributed by atoms with van der Waals surface area (Å²) in [5.41, 5.74) is 1.87. The Hall–Kier alpha value is -1.88. The standard InChI is InChI=1S/C13H16N2O3/c1-3-15-10-7-5-4-6-9(10)14-12(15)8-11(16)13(17)18-2/h4-7,11,16H,3,8H2,1-2H3. The van der Waals surface area contributed by atoms with E-state index in [4.69, 9.17) is 0 Å². The van der Waals surface area contributed by atoms with Gasteiger partial charge in [0, 0.05) is 13.0 Å². The summed E-state index contributed by atoms with van der Waals surface area (Å²) in [5.74, 6) is 0.0568. The number of methoxy groups -OCH3 is 1. The molecule has 5 heteroatoms. The predicted octanol–water partition coefficient (Wildman–Crippen LogP) is 1.13. The van der Waals surface area contributed by atoms with E-state index in [0.29, 0.717) is 5.82 Å². The quantitative estimate of drug-likeness (QED) is 0.824. The molecule has 18 heavy (non-hydrogen) atoms. The molecule has 5 nitrogen and oxygen atoms in total. The van der Waals surface area contributed by atoms with E-state index in [1.807, 2.05) is 35.8 Å². The van der Waals surface area contributed by atoms with Crippen molar-refractivity contribution in [1.29, 1.82) is 0 Å². The number of fused-ring (bicyclic) bond motifs is 1. The minimum absolute atomic E-state index is 0.162. The lowest BCUT2D eigenvalue weighted by atomic mass is 10.2. The molecule has 96 valence electrons. The van der Waals surface area contributed by atoms with Gasteiger partial charge in [0.2, 0.25) is 0 Å². The van der Waals surface area contributed by atoms with Crippen molar-refractivity contribution in [3.8, 4) is 0 Å². The van der Waals surface area contributed by atoms with Crippen molar-refractivity contribution in [2.75, 3.05) is 7.11 Å². The van der Waals surface area contributed by atoms with Crippen molar-refractivity contribution in [3.63, 3.8) is 0 Å². The molecule has 0 spiro atoms. The van der Waals surface area contributed by atoms with Crippen LogP contribution in [-0.4, -0.2) is 33.8 Å². The van der Waals surface area contributed by atoms with Crippen LogP contribution >= 0.6 is 0 Å². The summed E-state index contributed by atoms with van der Waals surface area (Å²) in [6.45, 7) is 2.74. The van der Waals surface area contributed by atoms with E-state index < -0.39 is 12.1 Å². The van der Waals surface area contributed by atoms with Crippen LogP contribution in [0, 0.1) is 0 Å². The molecular weight excluding hydrogens is 232 g/mol. The van der Waals surface area contributed by atoms with Gasteiger partial charge in [-0.3, -0.25) is 0 Å². The second-order valence-electron chi connectivity index (χ2n) is 4.00. The molecule has 0 aliphatic heterocycles. The highest BCUT2D eigenvalue weighted by Gasteiger charge is 2.19. The van der Waals surface area contributed by atoms with Gasteiger partial charge in [0.25, 0.3) is 0 Å². The van der Waals surface area contributed by atoms with E-state index in [2.05, 4.69) is 9.72 Å². The number of hydrogen-bond acceptors (Lipinski definition) is 4. The number of carbonyl (C=O) groups is 1. The molecule has 1 N–H and O–H groups in total. The van der Waals surface area contributed by atoms with Gasteiger partial charge in [-0.2, -0.15) is 0 Å². The van der Waals surface area contributed by atoms with E-state index in [-0.39, 0.29) is 6.42 Å². The first-order valence-electron chi connectivity index (χ1n) is 5.87. The number of ether oxygens (including phenoxy) is 1. The third-order valence-electron chi connectivity index (χ3n) is 2.90. The second-order valence-corrected chi connectivity index (χ2v) is 4.00. The van der Waals surface area contributed by atoms with Crippen molar-refractivity contribution in [2.45, 2.75) is 26.0 Å². The molecule has 1 atom stereocenters. The van der Waals surface area contributed by atoms with Crippen LogP contribution in [0.3, 0.4) is 0 Å². The summed E-state index contributed by atoms with van der Waals surface area (Å²) in [6.07, 6.45) is -1.01. The Labute approximate surface area is 105 Å². The molecule has 2 rings (SSSR count). The summed E-state index contributed by atoms with van der Waals surface area (Å²) in [5, 5.41) is 9.69. The lowest BCUT2D eigenvalue weighted by Gasteiger charge is -2.09. The normalized spacial score (nSPS) is 12.6. The van der Waals surface area contributed by atoms with E-state index in [9.17, 15) is 9.90 Å². The van der Waals surface area contributed by atoms with Gasteiger partial charge in [0.15, 0.2) is 6.10 Å². The number of hydrogen-bond donors (Lipinski definition) is 1. The minimum Gasteiger partial charge on any atom is -0.467 e. The first-order valence-corrected chi connectivity index (χ1v) is 5.87. The number of aliphatic hydroxyl groups excluding tert-OH is 1. The highest BCUT2D eigenvalue weighted by Crippen LogP contribution is 2.17. The predicted molar refractivity (Wildman–Crippen MR) is 67.1 cm³/mol. The number of esters is 1. The molecule has 0 fully saturated rings. The molecule has 0 saturated carbocycles. The zero-order valence-corrected chi connectivity index (χ0v) is 10.5. The molecule has 1 aromatic carbocycles. The summed E-state index contributed by atoms with van der Waals surface area (Å²) in [6, 6.07) is 7.74. The van der Waals surface area contributed by atoms with Gasteiger partial charge in [-0.15, -0.1) is 0 Å². The van der Waals surface area contributed by atoms with Crippen LogP contribution in [0.5, 0.6) is 0 Å². The molecule has 1 unspecified atom stereocenters. The SMILES string of the molecule is CCn1c(CC(O)C(=O)OC)nc2ccccc21. The topological polar surface area (TPSA) is 64.4 Å². The van der Waals surface area contributed by atoms with E-state index in [0.717, 1.165) is 17.6 Å². The second kappa shape index (κ2) is 5.18. The van der Waals surface area contributed by atoms with Crippen LogP contribution in [0.1, 0.15) is 12.7 Å². The highest BCUT2D eigenvalue weighted by atomic mass is 16.5. The summed E-state index contributed by atoms with van der Waals surface area (Å²) in [4.78, 5) is 15.7. The number of benzene rings is 1. The fraction of sp³-hybridized carbons (Fsp3) is 0.385. The number of aromatic nitrogens is 2. The summed E-state index contributed by atoms with van der Waals surface area (Å²) >= 11 is 0. The zero-order valence-electron chi connectivity index (χ0n) is 10.5. The van der Waals surface area contributed by atoms with Crippen LogP contribution in [0.15, 0.2) is 24.3 Å². The van der Waals surface area contributed by atoms with Gasteiger partial charge >= 0.3 is 5.97 Å². The maximum Gasteiger partial charge on any atom is 0.335 e. The molecule has 0 amide bonds. The fourth-order valence-electron chi connectivity index (χ4n) is 2.03. The number of aryl methyl sites for hydroxylation is 1. The summed E-state index contributed by atoms with van der Waals surface area (Å²) < 4.78 is 6.49. The molecule has 0 saturated heterocycles. The van der Waals surface area contributed by atoms with Crippen LogP contribution < -0.4 is 0 Å². The minimum atomic E-state index is -1.17. The monoisotopic (exact) mass is 248 g/mol. The van der Waals surface area contributed by atoms with Gasteiger partial charge in [0.1, 0.15) is 5.82 Å². The number of imidazole rings is 1. The Morgan fingerprint density at radius 1 is 1.50 bits per heavy atom. The molecule has 0 bridgehead atoms. The molecule has 0 radical (unpaired) electrons. The average Bonchev–Trinajstić information content (AvgIpc) is 2.74. The Balaban J connectivity index is 2.35. The van der Waals surface area contributed by atoms with Gasteiger partial charge in [-0.25, -0.2) is 9.78 Å². The van der Waals surface area contributed by atoms with Crippen molar-refractivity contribution < 1.29 is 14.6 Å². The number of rotatable bonds is 4. The molecule has 1 aromatic heterocycles. The Morgan fingerprint density at radius 3 is 2.89 bits per heavy atom. The number of aliphatic hydroxyl groups is 1. The van der Waals surface area contributed by atoms with Crippen molar-refractivity contribution in [2.24, 2.45) is 0 Å². The van der Waals surface area contributed by atoms with Crippen LogP contribution in [0.25, 0.3) is 11.0 Å². The van der Waals surface area contributed by atoms with E-state index in [1.54, 1.807) is 0 Å². The van der Waals surface area contributed by atoms with Crippen LogP contribution in [0.2, 0.25) is 0 Å². The van der Waals surface area contributed by atoms with Crippen molar-refractivity contribution in [3.05, 3.63) is 30.1 Å². The van der Waals surface area contributed by atoms with E-state index in [1.165, 1.54) is 7.11 Å². The van der Waals surface area contributed by atoms with Crippen LogP contribution in [-0.2, 0) is 22.5 Å². The first kappa shape index (κ1) is 12.6. The third kappa shape index (κ3) is 2.22. The first-order chi connectivity index (χ1) is 8.67. The summed E-state index contributed by atoms with van der Waals surface area (Å²) in [7, 11) is 1.26. The molecular formula is C13H16N2O3. The van der Waals surface area contributed by atoms with Gasteiger partial charge in [0.05, 0.1) is 18.1 Å².